The summed E-state index contributed by atoms with van der Waals surface area (Å²) < 4.78 is 1.97. The average molecular weight is 248 g/mol. The van der Waals surface area contributed by atoms with Crippen molar-refractivity contribution in [2.24, 2.45) is 0 Å². The van der Waals surface area contributed by atoms with E-state index in [1.807, 2.05) is 10.7 Å². The van der Waals surface area contributed by atoms with Crippen molar-refractivity contribution in [3.8, 4) is 11.3 Å². The van der Waals surface area contributed by atoms with Crippen LogP contribution in [-0.4, -0.2) is 22.9 Å². The normalized spacial score (nSPS) is 20.6. The molecule has 17 heavy (non-hydrogen) atoms. The van der Waals surface area contributed by atoms with Crippen LogP contribution < -0.4 is 11.1 Å². The Morgan fingerprint density at radius 2 is 2.47 bits per heavy atom. The zero-order valence-corrected chi connectivity index (χ0v) is 10.4. The predicted molar refractivity (Wildman–Crippen MR) is 71.1 cm³/mol. The van der Waals surface area contributed by atoms with Crippen LogP contribution >= 0.6 is 11.3 Å². The fraction of sp³-hybridized carbons (Fsp3) is 0.417. The van der Waals surface area contributed by atoms with Crippen molar-refractivity contribution in [1.82, 2.24) is 15.1 Å². The molecule has 0 unspecified atom stereocenters. The molecule has 1 fully saturated rings. The number of hydrogen-bond acceptors (Lipinski definition) is 4. The number of nitrogen functional groups attached to an aromatic ring is 1. The second-order valence-electron chi connectivity index (χ2n) is 4.41. The van der Waals surface area contributed by atoms with Gasteiger partial charge in [0.05, 0.1) is 11.7 Å². The molecule has 2 aromatic heterocycles. The van der Waals surface area contributed by atoms with Crippen molar-refractivity contribution in [2.75, 3.05) is 18.8 Å². The average Bonchev–Trinajstić information content (AvgIpc) is 2.99. The molecule has 5 heteroatoms. The van der Waals surface area contributed by atoms with Crippen LogP contribution in [0.2, 0.25) is 0 Å². The number of thiophene rings is 1. The van der Waals surface area contributed by atoms with Crippen LogP contribution in [0, 0.1) is 0 Å². The number of nitrogens with two attached hydrogens (primary N) is 1. The molecule has 2 aromatic rings. The molecule has 0 aliphatic carbocycles. The van der Waals surface area contributed by atoms with Gasteiger partial charge in [0.2, 0.25) is 0 Å². The molecule has 3 heterocycles. The molecular weight excluding hydrogens is 232 g/mol. The zero-order valence-electron chi connectivity index (χ0n) is 9.60. The Hall–Kier alpha value is -1.33. The molecule has 0 aromatic carbocycles. The summed E-state index contributed by atoms with van der Waals surface area (Å²) >= 11 is 1.68. The van der Waals surface area contributed by atoms with E-state index in [4.69, 9.17) is 5.73 Å². The number of anilines is 1. The lowest BCUT2D eigenvalue weighted by molar-refractivity contribution is 0.351. The molecule has 1 saturated heterocycles. The summed E-state index contributed by atoms with van der Waals surface area (Å²) in [6, 6.07) is 4.45. The number of rotatable bonds is 2. The van der Waals surface area contributed by atoms with E-state index >= 15 is 0 Å². The van der Waals surface area contributed by atoms with Gasteiger partial charge in [0.1, 0.15) is 5.82 Å². The number of piperidine rings is 1. The molecule has 0 bridgehead atoms. The van der Waals surface area contributed by atoms with Gasteiger partial charge in [0.25, 0.3) is 0 Å². The third-order valence-electron chi connectivity index (χ3n) is 3.20. The first kappa shape index (κ1) is 10.8. The third kappa shape index (κ3) is 2.08. The van der Waals surface area contributed by atoms with E-state index in [-0.39, 0.29) is 0 Å². The van der Waals surface area contributed by atoms with Crippen LogP contribution in [0.4, 0.5) is 5.82 Å². The first-order valence-electron chi connectivity index (χ1n) is 5.93. The highest BCUT2D eigenvalue weighted by Gasteiger charge is 2.18. The molecule has 0 radical (unpaired) electrons. The van der Waals surface area contributed by atoms with E-state index in [1.165, 1.54) is 6.42 Å². The van der Waals surface area contributed by atoms with Crippen molar-refractivity contribution in [2.45, 2.75) is 18.9 Å². The van der Waals surface area contributed by atoms with E-state index in [1.54, 1.807) is 11.3 Å². The predicted octanol–water partition coefficient (Wildman–Crippen LogP) is 2.12. The number of nitrogens with one attached hydrogen (secondary N) is 1. The van der Waals surface area contributed by atoms with Gasteiger partial charge in [-0.1, -0.05) is 0 Å². The maximum atomic E-state index is 6.05. The van der Waals surface area contributed by atoms with Crippen molar-refractivity contribution in [3.05, 3.63) is 22.9 Å². The van der Waals surface area contributed by atoms with Crippen LogP contribution in [0.25, 0.3) is 11.3 Å². The molecule has 1 aliphatic heterocycles. The highest BCUT2D eigenvalue weighted by molar-refractivity contribution is 7.08. The maximum Gasteiger partial charge on any atom is 0.122 e. The summed E-state index contributed by atoms with van der Waals surface area (Å²) in [6.45, 7) is 2.07. The summed E-state index contributed by atoms with van der Waals surface area (Å²) in [7, 11) is 0. The molecule has 1 atom stereocenters. The highest BCUT2D eigenvalue weighted by atomic mass is 32.1. The molecular formula is C12H16N4S. The van der Waals surface area contributed by atoms with Crippen molar-refractivity contribution in [1.29, 1.82) is 0 Å². The van der Waals surface area contributed by atoms with Crippen LogP contribution in [0.5, 0.6) is 0 Å². The van der Waals surface area contributed by atoms with Gasteiger partial charge in [-0.15, -0.1) is 0 Å². The Balaban J connectivity index is 1.90. The fourth-order valence-corrected chi connectivity index (χ4v) is 2.94. The Morgan fingerprint density at radius 1 is 1.53 bits per heavy atom. The minimum Gasteiger partial charge on any atom is -0.384 e. The van der Waals surface area contributed by atoms with E-state index in [0.29, 0.717) is 6.04 Å². The second kappa shape index (κ2) is 4.50. The quantitative estimate of drug-likeness (QED) is 0.856. The van der Waals surface area contributed by atoms with Crippen LogP contribution in [0.1, 0.15) is 18.9 Å². The van der Waals surface area contributed by atoms with E-state index in [0.717, 1.165) is 36.6 Å². The van der Waals surface area contributed by atoms with Gasteiger partial charge >= 0.3 is 0 Å². The van der Waals surface area contributed by atoms with Gasteiger partial charge in [0.15, 0.2) is 0 Å². The second-order valence-corrected chi connectivity index (χ2v) is 5.19. The third-order valence-corrected chi connectivity index (χ3v) is 3.88. The van der Waals surface area contributed by atoms with Gasteiger partial charge in [-0.25, -0.2) is 4.68 Å². The van der Waals surface area contributed by atoms with E-state index in [9.17, 15) is 0 Å². The topological polar surface area (TPSA) is 55.9 Å². The SMILES string of the molecule is Nc1cc(-c2ccsc2)nn1[C@@H]1CCCNC1. The standard InChI is InChI=1S/C12H16N4S/c13-12-6-11(9-3-5-17-8-9)15-16(12)10-2-1-4-14-7-10/h3,5-6,8,10,14H,1-2,4,7,13H2/t10-/m1/s1. The van der Waals surface area contributed by atoms with Crippen molar-refractivity contribution < 1.29 is 0 Å². The molecule has 1 aliphatic rings. The van der Waals surface area contributed by atoms with Crippen LogP contribution in [0.15, 0.2) is 22.9 Å². The summed E-state index contributed by atoms with van der Waals surface area (Å²) in [5, 5.41) is 12.2. The number of nitrogens with zero attached hydrogens (tertiary/aromatic N) is 2. The van der Waals surface area contributed by atoms with Crippen molar-refractivity contribution in [3.63, 3.8) is 0 Å². The molecule has 90 valence electrons. The molecule has 3 N–H and O–H groups in total. The van der Waals surface area contributed by atoms with Gasteiger partial charge in [0, 0.05) is 23.6 Å². The number of aromatic nitrogens is 2. The van der Waals surface area contributed by atoms with Crippen molar-refractivity contribution >= 4 is 17.2 Å². The lowest BCUT2D eigenvalue weighted by atomic mass is 10.1. The molecule has 0 spiro atoms. The lowest BCUT2D eigenvalue weighted by Gasteiger charge is -2.23. The Bertz CT molecular complexity index is 483. The highest BCUT2D eigenvalue weighted by Crippen LogP contribution is 2.26. The maximum absolute atomic E-state index is 6.05. The number of hydrogen-bond donors (Lipinski definition) is 2. The van der Waals surface area contributed by atoms with Gasteiger partial charge < -0.3 is 11.1 Å². The Kier molecular flexibility index (Phi) is 2.86. The smallest absolute Gasteiger partial charge is 0.122 e. The largest absolute Gasteiger partial charge is 0.384 e. The van der Waals surface area contributed by atoms with Gasteiger partial charge in [-0.05, 0) is 30.8 Å². The summed E-state index contributed by atoms with van der Waals surface area (Å²) in [6.07, 6.45) is 2.35. The van der Waals surface area contributed by atoms with Crippen LogP contribution in [0.3, 0.4) is 0 Å². The van der Waals surface area contributed by atoms with Gasteiger partial charge in [-0.2, -0.15) is 16.4 Å². The molecule has 4 nitrogen and oxygen atoms in total. The van der Waals surface area contributed by atoms with E-state index < -0.39 is 0 Å². The summed E-state index contributed by atoms with van der Waals surface area (Å²) in [5.74, 6) is 0.764. The minimum atomic E-state index is 0.399. The summed E-state index contributed by atoms with van der Waals surface area (Å²) in [4.78, 5) is 0. The zero-order chi connectivity index (χ0) is 11.7. The summed E-state index contributed by atoms with van der Waals surface area (Å²) in [5.41, 5.74) is 8.19. The molecule has 0 amide bonds. The molecule has 3 rings (SSSR count). The van der Waals surface area contributed by atoms with Crippen LogP contribution in [-0.2, 0) is 0 Å². The van der Waals surface area contributed by atoms with Gasteiger partial charge in [-0.3, -0.25) is 0 Å². The Morgan fingerprint density at radius 3 is 3.18 bits per heavy atom. The Labute approximate surface area is 104 Å². The first-order valence-corrected chi connectivity index (χ1v) is 6.87. The lowest BCUT2D eigenvalue weighted by Crippen LogP contribution is -2.32. The van der Waals surface area contributed by atoms with E-state index in [2.05, 4.69) is 27.2 Å². The minimum absolute atomic E-state index is 0.399. The first-order chi connectivity index (χ1) is 8.34. The monoisotopic (exact) mass is 248 g/mol. The molecule has 0 saturated carbocycles. The fourth-order valence-electron chi connectivity index (χ4n) is 2.29.